The van der Waals surface area contributed by atoms with Crippen molar-refractivity contribution < 1.29 is 9.90 Å². The fraction of sp³-hybridized carbons (Fsp3) is 0.235. The minimum absolute atomic E-state index is 0.124. The standard InChI is InChI=1S/C17H19NO2/c1-12-8-9-15(10-13(12)2)17(20)18-16(11-19)14-6-4-3-5-7-14/h3-10,16,19H,11H2,1-2H3,(H,18,20). The summed E-state index contributed by atoms with van der Waals surface area (Å²) in [4.78, 5) is 12.2. The third-order valence-corrected chi connectivity index (χ3v) is 3.46. The summed E-state index contributed by atoms with van der Waals surface area (Å²) in [5, 5.41) is 12.3. The first-order chi connectivity index (χ1) is 9.61. The molecule has 1 amide bonds. The molecule has 1 unspecified atom stereocenters. The first-order valence-electron chi connectivity index (χ1n) is 6.65. The van der Waals surface area contributed by atoms with E-state index in [-0.39, 0.29) is 18.6 Å². The van der Waals surface area contributed by atoms with Crippen molar-refractivity contribution >= 4 is 5.91 Å². The van der Waals surface area contributed by atoms with Crippen molar-refractivity contribution in [1.82, 2.24) is 5.32 Å². The summed E-state index contributed by atoms with van der Waals surface area (Å²) in [6.45, 7) is 3.87. The number of carbonyl (C=O) groups excluding carboxylic acids is 1. The molecule has 2 aromatic carbocycles. The molecule has 1 atom stereocenters. The Morgan fingerprint density at radius 2 is 1.80 bits per heavy atom. The second-order valence-corrected chi connectivity index (χ2v) is 4.92. The van der Waals surface area contributed by atoms with Crippen molar-refractivity contribution in [2.24, 2.45) is 0 Å². The van der Waals surface area contributed by atoms with Crippen LogP contribution in [0.2, 0.25) is 0 Å². The molecule has 0 bridgehead atoms. The number of aryl methyl sites for hydroxylation is 2. The Hall–Kier alpha value is -2.13. The topological polar surface area (TPSA) is 49.3 Å². The quantitative estimate of drug-likeness (QED) is 0.896. The van der Waals surface area contributed by atoms with E-state index in [1.165, 1.54) is 0 Å². The second-order valence-electron chi connectivity index (χ2n) is 4.92. The lowest BCUT2D eigenvalue weighted by molar-refractivity contribution is 0.0916. The van der Waals surface area contributed by atoms with E-state index in [9.17, 15) is 9.90 Å². The van der Waals surface area contributed by atoms with Gasteiger partial charge < -0.3 is 10.4 Å². The summed E-state index contributed by atoms with van der Waals surface area (Å²) in [6, 6.07) is 14.7. The minimum atomic E-state index is -0.384. The molecule has 2 aromatic rings. The molecule has 0 saturated heterocycles. The van der Waals surface area contributed by atoms with Gasteiger partial charge in [-0.05, 0) is 42.7 Å². The molecule has 0 aliphatic carbocycles. The van der Waals surface area contributed by atoms with Crippen LogP contribution in [0.4, 0.5) is 0 Å². The Kier molecular flexibility index (Phi) is 4.53. The molecule has 3 nitrogen and oxygen atoms in total. The molecule has 0 aliphatic heterocycles. The number of rotatable bonds is 4. The highest BCUT2D eigenvalue weighted by Crippen LogP contribution is 2.14. The lowest BCUT2D eigenvalue weighted by Crippen LogP contribution is -2.30. The average Bonchev–Trinajstić information content (AvgIpc) is 2.48. The SMILES string of the molecule is Cc1ccc(C(=O)NC(CO)c2ccccc2)cc1C. The van der Waals surface area contributed by atoms with Gasteiger partial charge in [0.2, 0.25) is 0 Å². The number of carbonyl (C=O) groups is 1. The number of aliphatic hydroxyl groups excluding tert-OH is 1. The molecule has 20 heavy (non-hydrogen) atoms. The Morgan fingerprint density at radius 3 is 2.40 bits per heavy atom. The van der Waals surface area contributed by atoms with Gasteiger partial charge in [0.25, 0.3) is 5.91 Å². The zero-order chi connectivity index (χ0) is 14.5. The van der Waals surface area contributed by atoms with Crippen LogP contribution in [-0.2, 0) is 0 Å². The van der Waals surface area contributed by atoms with E-state index < -0.39 is 0 Å². The summed E-state index contributed by atoms with van der Waals surface area (Å²) >= 11 is 0. The summed E-state index contributed by atoms with van der Waals surface area (Å²) in [6.07, 6.45) is 0. The molecule has 0 radical (unpaired) electrons. The highest BCUT2D eigenvalue weighted by atomic mass is 16.3. The highest BCUT2D eigenvalue weighted by molar-refractivity contribution is 5.94. The fourth-order valence-electron chi connectivity index (χ4n) is 2.04. The number of nitrogens with one attached hydrogen (secondary N) is 1. The van der Waals surface area contributed by atoms with E-state index >= 15 is 0 Å². The van der Waals surface area contributed by atoms with Crippen LogP contribution in [0.5, 0.6) is 0 Å². The zero-order valence-corrected chi connectivity index (χ0v) is 11.8. The predicted molar refractivity (Wildman–Crippen MR) is 79.7 cm³/mol. The Labute approximate surface area is 119 Å². The molecule has 0 spiro atoms. The van der Waals surface area contributed by atoms with Gasteiger partial charge in [0.1, 0.15) is 0 Å². The minimum Gasteiger partial charge on any atom is -0.394 e. The molecular formula is C17H19NO2. The van der Waals surface area contributed by atoms with E-state index in [0.717, 1.165) is 16.7 Å². The van der Waals surface area contributed by atoms with Crippen LogP contribution in [0.15, 0.2) is 48.5 Å². The van der Waals surface area contributed by atoms with Crippen molar-refractivity contribution in [2.75, 3.05) is 6.61 Å². The molecule has 104 valence electrons. The lowest BCUT2D eigenvalue weighted by atomic mass is 10.0. The lowest BCUT2D eigenvalue weighted by Gasteiger charge is -2.17. The first-order valence-corrected chi connectivity index (χ1v) is 6.65. The highest BCUT2D eigenvalue weighted by Gasteiger charge is 2.14. The monoisotopic (exact) mass is 269 g/mol. The van der Waals surface area contributed by atoms with Crippen LogP contribution in [0.3, 0.4) is 0 Å². The Morgan fingerprint density at radius 1 is 1.10 bits per heavy atom. The Bertz CT molecular complexity index is 593. The smallest absolute Gasteiger partial charge is 0.251 e. The molecule has 0 aromatic heterocycles. The van der Waals surface area contributed by atoms with Crippen molar-refractivity contribution in [3.05, 3.63) is 70.8 Å². The van der Waals surface area contributed by atoms with E-state index in [2.05, 4.69) is 5.32 Å². The summed E-state index contributed by atoms with van der Waals surface area (Å²) in [5.41, 5.74) is 3.75. The van der Waals surface area contributed by atoms with Gasteiger partial charge >= 0.3 is 0 Å². The summed E-state index contributed by atoms with van der Waals surface area (Å²) in [7, 11) is 0. The maximum atomic E-state index is 12.2. The fourth-order valence-corrected chi connectivity index (χ4v) is 2.04. The molecule has 3 heteroatoms. The van der Waals surface area contributed by atoms with Gasteiger partial charge in [-0.1, -0.05) is 36.4 Å². The maximum absolute atomic E-state index is 12.2. The van der Waals surface area contributed by atoms with E-state index in [4.69, 9.17) is 0 Å². The number of benzene rings is 2. The van der Waals surface area contributed by atoms with Crippen LogP contribution >= 0.6 is 0 Å². The third-order valence-electron chi connectivity index (χ3n) is 3.46. The van der Waals surface area contributed by atoms with Gasteiger partial charge in [-0.15, -0.1) is 0 Å². The van der Waals surface area contributed by atoms with Crippen LogP contribution in [-0.4, -0.2) is 17.6 Å². The van der Waals surface area contributed by atoms with E-state index in [0.29, 0.717) is 5.56 Å². The third kappa shape index (κ3) is 3.25. The van der Waals surface area contributed by atoms with Gasteiger partial charge in [0, 0.05) is 5.56 Å². The van der Waals surface area contributed by atoms with Crippen LogP contribution in [0.1, 0.15) is 33.1 Å². The van der Waals surface area contributed by atoms with Crippen molar-refractivity contribution in [3.63, 3.8) is 0 Å². The van der Waals surface area contributed by atoms with Crippen molar-refractivity contribution in [3.8, 4) is 0 Å². The molecule has 0 fully saturated rings. The van der Waals surface area contributed by atoms with E-state index in [1.54, 1.807) is 6.07 Å². The number of amides is 1. The van der Waals surface area contributed by atoms with Gasteiger partial charge in [-0.2, -0.15) is 0 Å². The van der Waals surface area contributed by atoms with Crippen LogP contribution in [0, 0.1) is 13.8 Å². The normalized spacial score (nSPS) is 11.9. The van der Waals surface area contributed by atoms with Crippen molar-refractivity contribution in [1.29, 1.82) is 0 Å². The largest absolute Gasteiger partial charge is 0.394 e. The van der Waals surface area contributed by atoms with Gasteiger partial charge in [0.15, 0.2) is 0 Å². The zero-order valence-electron chi connectivity index (χ0n) is 11.8. The second kappa shape index (κ2) is 6.35. The summed E-state index contributed by atoms with van der Waals surface area (Å²) < 4.78 is 0. The van der Waals surface area contributed by atoms with Gasteiger partial charge in [-0.3, -0.25) is 4.79 Å². The van der Waals surface area contributed by atoms with E-state index in [1.807, 2.05) is 56.3 Å². The number of hydrogen-bond acceptors (Lipinski definition) is 2. The predicted octanol–water partition coefficient (Wildman–Crippen LogP) is 2.77. The summed E-state index contributed by atoms with van der Waals surface area (Å²) in [5.74, 6) is -0.170. The Balaban J connectivity index is 2.15. The number of aliphatic hydroxyl groups is 1. The molecular weight excluding hydrogens is 250 g/mol. The van der Waals surface area contributed by atoms with Crippen molar-refractivity contribution in [2.45, 2.75) is 19.9 Å². The molecule has 2 N–H and O–H groups in total. The molecule has 0 heterocycles. The van der Waals surface area contributed by atoms with Crippen LogP contribution < -0.4 is 5.32 Å². The molecule has 0 saturated carbocycles. The number of hydrogen-bond donors (Lipinski definition) is 2. The first kappa shape index (κ1) is 14.3. The van der Waals surface area contributed by atoms with Crippen LogP contribution in [0.25, 0.3) is 0 Å². The van der Waals surface area contributed by atoms with Gasteiger partial charge in [0.05, 0.1) is 12.6 Å². The molecule has 2 rings (SSSR count). The average molecular weight is 269 g/mol. The maximum Gasteiger partial charge on any atom is 0.251 e. The molecule has 0 aliphatic rings. The van der Waals surface area contributed by atoms with Gasteiger partial charge in [-0.25, -0.2) is 0 Å².